The maximum absolute atomic E-state index is 12.5. The number of hydrogen-bond acceptors (Lipinski definition) is 8. The molecule has 0 saturated heterocycles. The lowest BCUT2D eigenvalue weighted by Crippen LogP contribution is -2.34. The maximum Gasteiger partial charge on any atom is 0.379 e. The fourth-order valence-corrected chi connectivity index (χ4v) is 2.71. The van der Waals surface area contributed by atoms with E-state index in [1.165, 1.54) is 20.8 Å². The Morgan fingerprint density at radius 2 is 1.37 bits per heavy atom. The summed E-state index contributed by atoms with van der Waals surface area (Å²) in [6.07, 6.45) is 0. The summed E-state index contributed by atoms with van der Waals surface area (Å²) in [5.74, 6) is -10.0. The number of imide groups is 1. The van der Waals surface area contributed by atoms with Crippen molar-refractivity contribution in [1.82, 2.24) is 0 Å². The molecule has 0 saturated carbocycles. The number of rotatable bonds is 7. The highest BCUT2D eigenvalue weighted by Gasteiger charge is 2.39. The van der Waals surface area contributed by atoms with E-state index < -0.39 is 63.7 Å². The van der Waals surface area contributed by atoms with Crippen LogP contribution in [0, 0.1) is 0 Å². The largest absolute Gasteiger partial charge is 0.478 e. The van der Waals surface area contributed by atoms with Crippen molar-refractivity contribution in [3.8, 4) is 0 Å². The van der Waals surface area contributed by atoms with Crippen molar-refractivity contribution in [2.24, 2.45) is 0 Å². The Balaban J connectivity index is 2.84. The van der Waals surface area contributed by atoms with E-state index in [1.54, 1.807) is 0 Å². The molecule has 2 amide bonds. The molecule has 1 aliphatic heterocycles. The van der Waals surface area contributed by atoms with Gasteiger partial charge in [-0.25, -0.2) is 19.3 Å². The minimum atomic E-state index is -2.02. The highest BCUT2D eigenvalue weighted by Crippen LogP contribution is 2.32. The number of ether oxygens (including phenoxy) is 1. The van der Waals surface area contributed by atoms with E-state index in [9.17, 15) is 38.7 Å². The van der Waals surface area contributed by atoms with Gasteiger partial charge < -0.3 is 14.9 Å². The number of aliphatic carboxylic acids is 1. The van der Waals surface area contributed by atoms with Crippen molar-refractivity contribution in [3.63, 3.8) is 0 Å². The molecule has 0 aromatic heterocycles. The second-order valence-electron chi connectivity index (χ2n) is 6.10. The summed E-state index contributed by atoms with van der Waals surface area (Å²) < 4.78 is 4.55. The smallest absolute Gasteiger partial charge is 0.379 e. The van der Waals surface area contributed by atoms with E-state index in [2.05, 4.69) is 4.74 Å². The Kier molecular flexibility index (Phi) is 5.96. The Hall–Kier alpha value is -4.15. The number of anilines is 1. The van der Waals surface area contributed by atoms with Gasteiger partial charge in [0.1, 0.15) is 0 Å². The number of amides is 2. The minimum Gasteiger partial charge on any atom is -0.478 e. The molecule has 11 heteroatoms. The molecule has 0 atom stereocenters. The Morgan fingerprint density at radius 3 is 1.80 bits per heavy atom. The topological polar surface area (TPSA) is 172 Å². The second-order valence-corrected chi connectivity index (χ2v) is 6.10. The van der Waals surface area contributed by atoms with Crippen molar-refractivity contribution in [3.05, 3.63) is 40.0 Å². The summed E-state index contributed by atoms with van der Waals surface area (Å²) in [7, 11) is 0. The maximum atomic E-state index is 12.5. The Morgan fingerprint density at radius 1 is 0.867 bits per heavy atom. The molecule has 2 N–H and O–H groups in total. The lowest BCUT2D eigenvalue weighted by atomic mass is 9.95. The van der Waals surface area contributed by atoms with E-state index in [0.717, 1.165) is 0 Å². The van der Waals surface area contributed by atoms with Crippen LogP contribution in [0.3, 0.4) is 0 Å². The third-order valence-electron chi connectivity index (χ3n) is 4.36. The molecule has 2 rings (SSSR count). The average molecular weight is 417 g/mol. The van der Waals surface area contributed by atoms with Gasteiger partial charge in [-0.2, -0.15) is 0 Å². The summed E-state index contributed by atoms with van der Waals surface area (Å²) in [4.78, 5) is 84.6. The van der Waals surface area contributed by atoms with Gasteiger partial charge in [-0.05, 0) is 32.9 Å². The number of carbonyl (C=O) groups excluding carboxylic acids is 5. The minimum absolute atomic E-state index is 0.0281. The van der Waals surface area contributed by atoms with Gasteiger partial charge >= 0.3 is 17.9 Å². The highest BCUT2D eigenvalue weighted by atomic mass is 16.5. The van der Waals surface area contributed by atoms with Crippen molar-refractivity contribution >= 4 is 47.0 Å². The molecule has 156 valence electrons. The number of hydrogen-bond donors (Lipinski definition) is 2. The number of nitrogens with zero attached hydrogens (tertiary/aromatic N) is 1. The monoisotopic (exact) mass is 417 g/mol. The van der Waals surface area contributed by atoms with Crippen LogP contribution in [0.2, 0.25) is 0 Å². The first-order valence-electron chi connectivity index (χ1n) is 8.40. The van der Waals surface area contributed by atoms with E-state index in [0.29, 0.717) is 17.0 Å². The van der Waals surface area contributed by atoms with E-state index in [1.807, 2.05) is 0 Å². The average Bonchev–Trinajstić information content (AvgIpc) is 2.88. The fraction of sp³-hybridized carbons (Fsp3) is 0.211. The summed E-state index contributed by atoms with van der Waals surface area (Å²) in [5, 5.41) is 18.5. The summed E-state index contributed by atoms with van der Waals surface area (Å²) in [6.45, 7) is 3.86. The molecule has 0 radical (unpaired) electrons. The number of benzene rings is 1. The number of aromatic carboxylic acids is 1. The number of esters is 1. The van der Waals surface area contributed by atoms with Gasteiger partial charge in [-0.3, -0.25) is 19.2 Å². The normalized spacial score (nSPS) is 13.5. The number of carboxylic acids is 2. The van der Waals surface area contributed by atoms with Crippen LogP contribution in [-0.2, 0) is 23.9 Å². The molecule has 0 aliphatic carbocycles. The first-order valence-corrected chi connectivity index (χ1v) is 8.40. The Bertz CT molecular complexity index is 1060. The van der Waals surface area contributed by atoms with Gasteiger partial charge in [0.25, 0.3) is 23.4 Å². The van der Waals surface area contributed by atoms with E-state index in [4.69, 9.17) is 5.11 Å². The second kappa shape index (κ2) is 8.07. The molecular weight excluding hydrogens is 402 g/mol. The highest BCUT2D eigenvalue weighted by molar-refractivity contribution is 6.47. The summed E-state index contributed by atoms with van der Waals surface area (Å²) in [6, 6.07) is 1.19. The number of carboxylic acid groups (broad SMARTS) is 2. The van der Waals surface area contributed by atoms with Crippen molar-refractivity contribution in [1.29, 1.82) is 0 Å². The first-order chi connectivity index (χ1) is 13.9. The summed E-state index contributed by atoms with van der Waals surface area (Å²) >= 11 is 0. The Labute approximate surface area is 168 Å². The molecule has 1 aromatic carbocycles. The molecule has 11 nitrogen and oxygen atoms in total. The number of ketones is 2. The van der Waals surface area contributed by atoms with E-state index >= 15 is 0 Å². The molecule has 30 heavy (non-hydrogen) atoms. The van der Waals surface area contributed by atoms with Crippen LogP contribution in [0.15, 0.2) is 23.3 Å². The van der Waals surface area contributed by atoms with Gasteiger partial charge in [0, 0.05) is 22.3 Å². The first kappa shape index (κ1) is 22.1. The van der Waals surface area contributed by atoms with Crippen LogP contribution in [0.4, 0.5) is 5.69 Å². The molecule has 1 aliphatic rings. The number of carbonyl (C=O) groups is 7. The molecule has 1 aromatic rings. The third-order valence-corrected chi connectivity index (χ3v) is 4.36. The lowest BCUT2D eigenvalue weighted by Gasteiger charge is -2.19. The van der Waals surface area contributed by atoms with Gasteiger partial charge in [0.05, 0.1) is 17.9 Å². The van der Waals surface area contributed by atoms with Crippen LogP contribution in [0.1, 0.15) is 51.8 Å². The quantitative estimate of drug-likeness (QED) is 0.277. The molecule has 1 heterocycles. The molecule has 0 bridgehead atoms. The van der Waals surface area contributed by atoms with Gasteiger partial charge in [0.15, 0.2) is 0 Å². The van der Waals surface area contributed by atoms with Gasteiger partial charge in [-0.1, -0.05) is 0 Å². The van der Waals surface area contributed by atoms with Crippen molar-refractivity contribution in [2.75, 3.05) is 11.5 Å². The predicted molar refractivity (Wildman–Crippen MR) is 97.2 cm³/mol. The van der Waals surface area contributed by atoms with Crippen LogP contribution in [0.25, 0.3) is 0 Å². The van der Waals surface area contributed by atoms with Crippen molar-refractivity contribution < 1.29 is 48.5 Å². The standard InChI is InChI=1S/C19H15NO10/c1-4-30-19(29)14(22)10-6-12(20-15(23)7(2)8(3)16(20)24)11(17(25)26)5-9(10)13(21)18(27)28/h5-6H,4H2,1-3H3,(H,25,26)(H,27,28). The molecule has 0 spiro atoms. The van der Waals surface area contributed by atoms with E-state index in [-0.39, 0.29) is 17.8 Å². The fourth-order valence-electron chi connectivity index (χ4n) is 2.71. The van der Waals surface area contributed by atoms with Crippen LogP contribution < -0.4 is 4.90 Å². The molecule has 0 fully saturated rings. The third kappa shape index (κ3) is 3.60. The lowest BCUT2D eigenvalue weighted by molar-refractivity contribution is -0.137. The van der Waals surface area contributed by atoms with Crippen LogP contribution in [0.5, 0.6) is 0 Å². The zero-order valence-electron chi connectivity index (χ0n) is 16.0. The SMILES string of the molecule is CCOC(=O)C(=O)c1cc(N2C(=O)C(C)=C(C)C2=O)c(C(=O)O)cc1C(=O)C(=O)O. The zero-order chi connectivity index (χ0) is 22.9. The summed E-state index contributed by atoms with van der Waals surface area (Å²) in [5.41, 5.74) is -3.04. The van der Waals surface area contributed by atoms with Crippen molar-refractivity contribution in [2.45, 2.75) is 20.8 Å². The number of Topliss-reactive ketones (excluding diaryl/α,β-unsaturated/α-hetero) is 2. The van der Waals surface area contributed by atoms with Gasteiger partial charge in [0.2, 0.25) is 0 Å². The van der Waals surface area contributed by atoms with Crippen LogP contribution >= 0.6 is 0 Å². The van der Waals surface area contributed by atoms with Crippen LogP contribution in [-0.4, -0.2) is 58.1 Å². The zero-order valence-corrected chi connectivity index (χ0v) is 16.0. The molecular formula is C19H15NO10. The predicted octanol–water partition coefficient (Wildman–Crippen LogP) is 0.608. The molecule has 0 unspecified atom stereocenters. The van der Waals surface area contributed by atoms with Gasteiger partial charge in [-0.15, -0.1) is 0 Å².